The first-order chi connectivity index (χ1) is 18.6. The summed E-state index contributed by atoms with van der Waals surface area (Å²) in [4.78, 5) is 26.9. The number of rotatable bonds is 5. The number of anilines is 1. The van der Waals surface area contributed by atoms with Crippen molar-refractivity contribution in [1.82, 2.24) is 24.6 Å². The molecule has 204 valence electrons. The Hall–Kier alpha value is -3.92. The second-order valence-corrected chi connectivity index (χ2v) is 11.4. The number of carbonyl (C=O) groups excluding carboxylic acids is 1. The minimum absolute atomic E-state index is 0.131. The lowest BCUT2D eigenvalue weighted by Gasteiger charge is -2.42. The van der Waals surface area contributed by atoms with Crippen molar-refractivity contribution < 1.29 is 19.0 Å². The lowest BCUT2D eigenvalue weighted by molar-refractivity contribution is 0.0106. The van der Waals surface area contributed by atoms with Crippen molar-refractivity contribution in [2.75, 3.05) is 38.4 Å². The van der Waals surface area contributed by atoms with Crippen LogP contribution in [0.1, 0.15) is 33.6 Å². The largest absolute Gasteiger partial charge is 0.467 e. The third-order valence-corrected chi connectivity index (χ3v) is 7.27. The number of aryl methyl sites for hydroxylation is 1. The third kappa shape index (κ3) is 4.96. The van der Waals surface area contributed by atoms with Crippen LogP contribution < -0.4 is 9.64 Å². The van der Waals surface area contributed by atoms with E-state index in [1.807, 2.05) is 75.3 Å². The molecule has 10 nitrogen and oxygen atoms in total. The van der Waals surface area contributed by atoms with Crippen LogP contribution in [0.15, 0.2) is 42.6 Å². The molecule has 0 N–H and O–H groups in total. The summed E-state index contributed by atoms with van der Waals surface area (Å²) >= 11 is 0. The minimum Gasteiger partial charge on any atom is -0.467 e. The van der Waals surface area contributed by atoms with Gasteiger partial charge in [-0.1, -0.05) is 0 Å². The summed E-state index contributed by atoms with van der Waals surface area (Å²) < 4.78 is 18.5. The number of fused-ring (bicyclic) bond motifs is 2. The molecule has 39 heavy (non-hydrogen) atoms. The maximum Gasteiger partial charge on any atom is 0.410 e. The summed E-state index contributed by atoms with van der Waals surface area (Å²) in [6, 6.07) is 12.0. The van der Waals surface area contributed by atoms with E-state index in [1.165, 1.54) is 0 Å². The molecule has 3 aromatic heterocycles. The standard InChI is InChI=1S/C29H34N6O4/c1-28(2,3)39-27(36)35-13-12-34(17-29(35)10-11-29)26-9-8-22-23(31-26)7-6-21(30-22)20-14-19-16-33(4)32-24(19)15-25(20)38-18-37-5/h6-9,14-16H,10-13,17-18H2,1-5H3. The maximum absolute atomic E-state index is 12.8. The monoisotopic (exact) mass is 530 g/mol. The number of carbonyl (C=O) groups is 1. The average Bonchev–Trinajstić information content (AvgIpc) is 3.54. The van der Waals surface area contributed by atoms with Crippen LogP contribution in [-0.4, -0.2) is 75.4 Å². The van der Waals surface area contributed by atoms with Gasteiger partial charge < -0.3 is 19.1 Å². The van der Waals surface area contributed by atoms with Gasteiger partial charge in [-0.2, -0.15) is 5.10 Å². The van der Waals surface area contributed by atoms with Crippen molar-refractivity contribution in [2.45, 2.75) is 44.8 Å². The Bertz CT molecular complexity index is 1550. The molecule has 1 aromatic carbocycles. The van der Waals surface area contributed by atoms with Gasteiger partial charge in [-0.05, 0) is 63.9 Å². The molecule has 6 rings (SSSR count). The highest BCUT2D eigenvalue weighted by molar-refractivity contribution is 5.89. The molecule has 1 spiro atoms. The molecule has 4 aromatic rings. The van der Waals surface area contributed by atoms with Crippen molar-refractivity contribution in [3.63, 3.8) is 0 Å². The highest BCUT2D eigenvalue weighted by Crippen LogP contribution is 2.45. The smallest absolute Gasteiger partial charge is 0.410 e. The minimum atomic E-state index is -0.504. The lowest BCUT2D eigenvalue weighted by atomic mass is 10.1. The van der Waals surface area contributed by atoms with Crippen LogP contribution in [0.4, 0.5) is 10.6 Å². The van der Waals surface area contributed by atoms with Crippen LogP contribution in [0.25, 0.3) is 33.2 Å². The first kappa shape index (κ1) is 25.4. The van der Waals surface area contributed by atoms with Gasteiger partial charge in [0.05, 0.1) is 27.8 Å². The summed E-state index contributed by atoms with van der Waals surface area (Å²) in [6.07, 6.45) is 3.72. The molecule has 1 aliphatic carbocycles. The molecule has 1 saturated heterocycles. The van der Waals surface area contributed by atoms with Crippen molar-refractivity contribution in [3.05, 3.63) is 42.6 Å². The van der Waals surface area contributed by atoms with Gasteiger partial charge >= 0.3 is 6.09 Å². The molecule has 1 amide bonds. The predicted octanol–water partition coefficient (Wildman–Crippen LogP) is 4.76. The number of piperazine rings is 1. The molecule has 1 saturated carbocycles. The van der Waals surface area contributed by atoms with Gasteiger partial charge in [0.2, 0.25) is 0 Å². The van der Waals surface area contributed by atoms with E-state index in [-0.39, 0.29) is 18.4 Å². The Morgan fingerprint density at radius 1 is 1.03 bits per heavy atom. The van der Waals surface area contributed by atoms with Crippen LogP contribution in [0.2, 0.25) is 0 Å². The fraction of sp³-hybridized carbons (Fsp3) is 0.448. The Kier molecular flexibility index (Phi) is 6.10. The lowest BCUT2D eigenvalue weighted by Crippen LogP contribution is -2.58. The zero-order valence-corrected chi connectivity index (χ0v) is 23.1. The molecular weight excluding hydrogens is 496 g/mol. The Balaban J connectivity index is 1.26. The van der Waals surface area contributed by atoms with Crippen LogP contribution in [-0.2, 0) is 16.5 Å². The average molecular weight is 531 g/mol. The van der Waals surface area contributed by atoms with Crippen LogP contribution in [0.3, 0.4) is 0 Å². The number of ether oxygens (including phenoxy) is 3. The van der Waals surface area contributed by atoms with Crippen molar-refractivity contribution in [3.8, 4) is 17.0 Å². The topological polar surface area (TPSA) is 94.8 Å². The number of aromatic nitrogens is 4. The molecule has 0 atom stereocenters. The van der Waals surface area contributed by atoms with Crippen LogP contribution in [0.5, 0.6) is 5.75 Å². The van der Waals surface area contributed by atoms with Gasteiger partial charge in [0, 0.05) is 57.0 Å². The Morgan fingerprint density at radius 2 is 1.79 bits per heavy atom. The van der Waals surface area contributed by atoms with Gasteiger partial charge in [-0.25, -0.2) is 14.8 Å². The van der Waals surface area contributed by atoms with Crippen LogP contribution >= 0.6 is 0 Å². The first-order valence-electron chi connectivity index (χ1n) is 13.3. The van der Waals surface area contributed by atoms with Crippen molar-refractivity contribution in [2.24, 2.45) is 7.05 Å². The predicted molar refractivity (Wildman–Crippen MR) is 149 cm³/mol. The molecule has 0 bridgehead atoms. The van der Waals surface area contributed by atoms with E-state index in [1.54, 1.807) is 11.8 Å². The van der Waals surface area contributed by atoms with Gasteiger partial charge in [0.25, 0.3) is 0 Å². The SMILES string of the molecule is COCOc1cc2nn(C)cc2cc1-c1ccc2nc(N3CCN(C(=O)OC(C)(C)C)C4(CC4)C3)ccc2n1. The summed E-state index contributed by atoms with van der Waals surface area (Å²) in [7, 11) is 3.49. The van der Waals surface area contributed by atoms with E-state index in [0.29, 0.717) is 18.8 Å². The molecule has 0 unspecified atom stereocenters. The summed E-state index contributed by atoms with van der Waals surface area (Å²) in [5, 5.41) is 5.50. The quantitative estimate of drug-likeness (QED) is 0.341. The molecule has 2 fully saturated rings. The molecule has 0 radical (unpaired) electrons. The first-order valence-corrected chi connectivity index (χ1v) is 13.3. The van der Waals surface area contributed by atoms with Crippen molar-refractivity contribution >= 4 is 33.8 Å². The summed E-state index contributed by atoms with van der Waals surface area (Å²) in [6.45, 7) is 7.93. The number of methoxy groups -OCH3 is 1. The zero-order chi connectivity index (χ0) is 27.4. The third-order valence-electron chi connectivity index (χ3n) is 7.27. The fourth-order valence-corrected chi connectivity index (χ4v) is 5.29. The highest BCUT2D eigenvalue weighted by atomic mass is 16.7. The number of pyridine rings is 2. The van der Waals surface area contributed by atoms with Gasteiger partial charge in [-0.15, -0.1) is 0 Å². The summed E-state index contributed by atoms with van der Waals surface area (Å²) in [5.74, 6) is 1.56. The fourth-order valence-electron chi connectivity index (χ4n) is 5.29. The van der Waals surface area contributed by atoms with E-state index < -0.39 is 5.60 Å². The normalized spacial score (nSPS) is 16.7. The highest BCUT2D eigenvalue weighted by Gasteiger charge is 2.54. The van der Waals surface area contributed by atoms with Crippen molar-refractivity contribution in [1.29, 1.82) is 0 Å². The second kappa shape index (κ2) is 9.37. The van der Waals surface area contributed by atoms with E-state index in [9.17, 15) is 4.79 Å². The molecule has 4 heterocycles. The number of benzene rings is 1. The number of amides is 1. The molecule has 10 heteroatoms. The zero-order valence-electron chi connectivity index (χ0n) is 23.1. The molecular formula is C29H34N6O4. The van der Waals surface area contributed by atoms with Gasteiger partial charge in [0.15, 0.2) is 6.79 Å². The molecule has 1 aliphatic heterocycles. The Labute approximate surface area is 227 Å². The van der Waals surface area contributed by atoms with Gasteiger partial charge in [0.1, 0.15) is 17.2 Å². The van der Waals surface area contributed by atoms with E-state index in [2.05, 4.69) is 10.00 Å². The van der Waals surface area contributed by atoms with E-state index in [4.69, 9.17) is 24.2 Å². The maximum atomic E-state index is 12.8. The van der Waals surface area contributed by atoms with E-state index in [0.717, 1.165) is 58.4 Å². The molecule has 2 aliphatic rings. The number of nitrogens with zero attached hydrogens (tertiary/aromatic N) is 6. The number of hydrogen-bond donors (Lipinski definition) is 0. The van der Waals surface area contributed by atoms with Crippen LogP contribution in [0, 0.1) is 0 Å². The second-order valence-electron chi connectivity index (χ2n) is 11.4. The van der Waals surface area contributed by atoms with E-state index >= 15 is 0 Å². The van der Waals surface area contributed by atoms with Gasteiger partial charge in [-0.3, -0.25) is 9.58 Å². The number of hydrogen-bond acceptors (Lipinski definition) is 8. The Morgan fingerprint density at radius 3 is 2.54 bits per heavy atom. The summed E-state index contributed by atoms with van der Waals surface area (Å²) in [5.41, 5.74) is 3.45.